The van der Waals surface area contributed by atoms with E-state index in [0.717, 1.165) is 18.7 Å². The van der Waals surface area contributed by atoms with Gasteiger partial charge in [-0.05, 0) is 80.4 Å². The number of fused-ring (bicyclic) bond motifs is 3. The number of aromatic hydroxyl groups is 2. The molecule has 5 aromatic rings. The molecule has 346 valence electrons. The SMILES string of the molecule is CC/C(=C(\c1ccccc1)c1ccc(OCCN(C)C)cc1)c1ccccc1.COc1cccc2c1C(=O)c1c(O)c3c(c(O)c1C2=O)C[C@@](O)(C(C)=O)C[C@@H]3O[C@H]1C[C@H](N)[C@H](O)[C@H](C)O1. The number of Topliss-reactive ketones (excluding diaryl/α,β-unsaturated/α-hetero) is 1. The third kappa shape index (κ3) is 9.55. The molecule has 6 N–H and O–H groups in total. The first-order valence-corrected chi connectivity index (χ1v) is 22.1. The molecule has 1 heterocycles. The van der Waals surface area contributed by atoms with Gasteiger partial charge in [0.2, 0.25) is 5.78 Å². The van der Waals surface area contributed by atoms with Gasteiger partial charge in [-0.1, -0.05) is 91.9 Å². The van der Waals surface area contributed by atoms with Crippen molar-refractivity contribution in [3.05, 3.63) is 153 Å². The molecule has 3 aliphatic rings. The van der Waals surface area contributed by atoms with E-state index in [-0.39, 0.29) is 40.8 Å². The van der Waals surface area contributed by atoms with Gasteiger partial charge in [0.05, 0.1) is 42.1 Å². The van der Waals surface area contributed by atoms with Gasteiger partial charge in [-0.15, -0.1) is 0 Å². The average molecular weight is 899 g/mol. The zero-order valence-electron chi connectivity index (χ0n) is 38.1. The van der Waals surface area contributed by atoms with Crippen LogP contribution in [0.2, 0.25) is 0 Å². The number of phenolic OH excluding ortho intramolecular Hbond substituents is 2. The lowest BCUT2D eigenvalue weighted by atomic mass is 9.72. The Labute approximate surface area is 385 Å². The molecule has 0 unspecified atom stereocenters. The summed E-state index contributed by atoms with van der Waals surface area (Å²) in [4.78, 5) is 41.7. The molecule has 13 heteroatoms. The van der Waals surface area contributed by atoms with Crippen LogP contribution in [0, 0.1) is 0 Å². The fraction of sp³-hybridized carbons (Fsp3) is 0.340. The van der Waals surface area contributed by atoms with Crippen molar-refractivity contribution in [1.82, 2.24) is 4.90 Å². The van der Waals surface area contributed by atoms with Crippen molar-refractivity contribution in [1.29, 1.82) is 0 Å². The van der Waals surface area contributed by atoms with E-state index in [0.29, 0.717) is 6.61 Å². The summed E-state index contributed by atoms with van der Waals surface area (Å²) in [7, 11) is 5.45. The van der Waals surface area contributed by atoms with Crippen molar-refractivity contribution in [3.8, 4) is 23.0 Å². The van der Waals surface area contributed by atoms with Crippen LogP contribution in [0.25, 0.3) is 11.1 Å². The van der Waals surface area contributed by atoms with Crippen molar-refractivity contribution in [2.75, 3.05) is 34.4 Å². The van der Waals surface area contributed by atoms with Gasteiger partial charge in [0.25, 0.3) is 0 Å². The number of nitrogens with two attached hydrogens (primary N) is 1. The smallest absolute Gasteiger partial charge is 0.202 e. The summed E-state index contributed by atoms with van der Waals surface area (Å²) in [6.07, 6.45) is -3.56. The number of aliphatic hydroxyl groups excluding tert-OH is 1. The first kappa shape index (κ1) is 47.8. The van der Waals surface area contributed by atoms with Gasteiger partial charge >= 0.3 is 0 Å². The van der Waals surface area contributed by atoms with Crippen LogP contribution in [0.4, 0.5) is 0 Å². The van der Waals surface area contributed by atoms with Crippen molar-refractivity contribution in [3.63, 3.8) is 0 Å². The summed E-state index contributed by atoms with van der Waals surface area (Å²) in [5, 5.41) is 44.1. The minimum absolute atomic E-state index is 0.0147. The number of methoxy groups -OCH3 is 1. The van der Waals surface area contributed by atoms with E-state index < -0.39 is 82.6 Å². The predicted molar refractivity (Wildman–Crippen MR) is 250 cm³/mol. The van der Waals surface area contributed by atoms with Crippen molar-refractivity contribution < 1.29 is 53.8 Å². The number of rotatable bonds is 12. The van der Waals surface area contributed by atoms with E-state index in [9.17, 15) is 34.8 Å². The number of aliphatic hydroxyl groups is 2. The number of likely N-dealkylation sites (N-methyl/N-ethyl adjacent to an activating group) is 1. The molecule has 0 bridgehead atoms. The number of ether oxygens (including phenoxy) is 4. The van der Waals surface area contributed by atoms with Gasteiger partial charge in [0.1, 0.15) is 35.2 Å². The van der Waals surface area contributed by atoms with E-state index in [1.807, 2.05) is 0 Å². The Morgan fingerprint density at radius 2 is 1.47 bits per heavy atom. The van der Waals surface area contributed by atoms with Crippen molar-refractivity contribution in [2.45, 2.75) is 82.7 Å². The summed E-state index contributed by atoms with van der Waals surface area (Å²) in [5.74, 6) is -2.26. The summed E-state index contributed by atoms with van der Waals surface area (Å²) in [5.41, 5.74) is 9.34. The lowest BCUT2D eigenvalue weighted by Crippen LogP contribution is -2.52. The normalized spacial score (nSPS) is 22.5. The van der Waals surface area contributed by atoms with Gasteiger partial charge in [-0.25, -0.2) is 0 Å². The van der Waals surface area contributed by atoms with Gasteiger partial charge in [-0.3, -0.25) is 14.4 Å². The molecule has 5 aromatic carbocycles. The Bertz CT molecular complexity index is 2600. The average Bonchev–Trinajstić information content (AvgIpc) is 3.30. The van der Waals surface area contributed by atoms with Crippen LogP contribution in [0.3, 0.4) is 0 Å². The molecule has 0 saturated carbocycles. The Kier molecular flexibility index (Phi) is 14.6. The van der Waals surface area contributed by atoms with Crippen LogP contribution in [-0.4, -0.2) is 107 Å². The number of carbonyl (C=O) groups is 3. The van der Waals surface area contributed by atoms with Crippen LogP contribution in [0.5, 0.6) is 23.0 Å². The first-order valence-electron chi connectivity index (χ1n) is 22.1. The van der Waals surface area contributed by atoms with Gasteiger partial charge in [0, 0.05) is 48.5 Å². The summed E-state index contributed by atoms with van der Waals surface area (Å²) < 4.78 is 22.9. The summed E-state index contributed by atoms with van der Waals surface area (Å²) >= 11 is 0. The zero-order chi connectivity index (χ0) is 47.4. The molecule has 2 aliphatic carbocycles. The molecule has 8 rings (SSSR count). The Hall–Kier alpha value is -6.19. The maximum Gasteiger partial charge on any atom is 0.202 e. The second-order valence-corrected chi connectivity index (χ2v) is 17.3. The second-order valence-electron chi connectivity index (χ2n) is 17.3. The molecule has 1 saturated heterocycles. The molecule has 0 spiro atoms. The number of phenols is 2. The molecule has 0 aromatic heterocycles. The fourth-order valence-electron chi connectivity index (χ4n) is 9.01. The lowest BCUT2D eigenvalue weighted by molar-refractivity contribution is -0.247. The Morgan fingerprint density at radius 3 is 2.06 bits per heavy atom. The number of benzene rings is 5. The number of ketones is 3. The molecule has 13 nitrogen and oxygen atoms in total. The van der Waals surface area contributed by atoms with E-state index in [4.69, 9.17) is 24.7 Å². The zero-order valence-corrected chi connectivity index (χ0v) is 38.1. The first-order chi connectivity index (χ1) is 31.6. The van der Waals surface area contributed by atoms with Gasteiger partial charge in [0.15, 0.2) is 17.9 Å². The highest BCUT2D eigenvalue weighted by Gasteiger charge is 2.49. The monoisotopic (exact) mass is 898 g/mol. The highest BCUT2D eigenvalue weighted by Crippen LogP contribution is 2.52. The summed E-state index contributed by atoms with van der Waals surface area (Å²) in [6, 6.07) is 33.6. The number of nitrogens with zero attached hydrogens (tertiary/aromatic N) is 1. The predicted octanol–water partition coefficient (Wildman–Crippen LogP) is 7.03. The lowest BCUT2D eigenvalue weighted by Gasteiger charge is -2.42. The van der Waals surface area contributed by atoms with Crippen molar-refractivity contribution in [2.24, 2.45) is 5.73 Å². The minimum atomic E-state index is -2.00. The topological polar surface area (TPSA) is 198 Å². The minimum Gasteiger partial charge on any atom is -0.507 e. The van der Waals surface area contributed by atoms with E-state index >= 15 is 0 Å². The molecule has 66 heavy (non-hydrogen) atoms. The van der Waals surface area contributed by atoms with Crippen LogP contribution in [-0.2, 0) is 20.7 Å². The largest absolute Gasteiger partial charge is 0.507 e. The molecular formula is C53H58N2O11. The standard InChI is InChI=1S/C27H29NO10.C26H29NO/c1-10-22(30)14(28)7-17(37-10)38-16-9-27(35,11(2)29)8-13-19(16)26(34)21-20(24(13)32)23(31)12-5-4-6-15(36-3)18(12)25(21)33;1-4-25(21-11-7-5-8-12-21)26(22-13-9-6-10-14-22)23-15-17-24(18-16-23)28-20-19-27(2)3/h4-6,10,14,16-17,22,30,32,34-35H,7-9,28H2,1-3H3;5-18H,4,19-20H2,1-3H3/b;26-25-/t10-,14-,16-,17-,22+,27-;/m0./s1. The quantitative estimate of drug-likeness (QED) is 0.0621. The molecule has 6 atom stereocenters. The number of hydrogen-bond donors (Lipinski definition) is 5. The van der Waals surface area contributed by atoms with Crippen LogP contribution in [0.1, 0.15) is 106 Å². The van der Waals surface area contributed by atoms with Gasteiger partial charge in [-0.2, -0.15) is 0 Å². The highest BCUT2D eigenvalue weighted by molar-refractivity contribution is 6.31. The number of carbonyl (C=O) groups excluding carboxylic acids is 3. The maximum atomic E-state index is 13.6. The molecule has 0 radical (unpaired) electrons. The van der Waals surface area contributed by atoms with Crippen LogP contribution in [0.15, 0.2) is 103 Å². The van der Waals surface area contributed by atoms with Crippen molar-refractivity contribution >= 4 is 28.5 Å². The Balaban J connectivity index is 0.000000206. The fourth-order valence-corrected chi connectivity index (χ4v) is 9.01. The van der Waals surface area contributed by atoms with Gasteiger partial charge < -0.3 is 50.0 Å². The third-order valence-electron chi connectivity index (χ3n) is 12.6. The van der Waals surface area contributed by atoms with E-state index in [1.54, 1.807) is 6.92 Å². The third-order valence-corrected chi connectivity index (χ3v) is 12.6. The maximum absolute atomic E-state index is 13.6. The molecule has 1 fully saturated rings. The Morgan fingerprint density at radius 1 is 0.848 bits per heavy atom. The molecule has 1 aliphatic heterocycles. The number of allylic oxidation sites excluding steroid dienone is 1. The molecular weight excluding hydrogens is 841 g/mol. The highest BCUT2D eigenvalue weighted by atomic mass is 16.7. The summed E-state index contributed by atoms with van der Waals surface area (Å²) in [6.45, 7) is 6.61. The van der Waals surface area contributed by atoms with Crippen LogP contribution >= 0.6 is 0 Å². The second kappa shape index (κ2) is 20.1. The van der Waals surface area contributed by atoms with Crippen LogP contribution < -0.4 is 15.2 Å². The van der Waals surface area contributed by atoms with E-state index in [1.165, 1.54) is 60.1 Å². The molecule has 0 amide bonds. The number of hydrogen-bond acceptors (Lipinski definition) is 13. The van der Waals surface area contributed by atoms with E-state index in [2.05, 4.69) is 111 Å².